The van der Waals surface area contributed by atoms with E-state index in [1.807, 2.05) is 48.5 Å². The van der Waals surface area contributed by atoms with Gasteiger partial charge in [0.25, 0.3) is 0 Å². The highest BCUT2D eigenvalue weighted by atomic mass is 16.5. The topological polar surface area (TPSA) is 72.3 Å². The van der Waals surface area contributed by atoms with E-state index in [1.165, 1.54) is 7.11 Å². The average molecular weight is 348 g/mol. The second-order valence-electron chi connectivity index (χ2n) is 5.98. The van der Waals surface area contributed by atoms with Crippen molar-refractivity contribution in [3.8, 4) is 17.0 Å². The Bertz CT molecular complexity index is 867. The Morgan fingerprint density at radius 3 is 2.54 bits per heavy atom. The molecule has 1 atom stereocenters. The van der Waals surface area contributed by atoms with Gasteiger partial charge < -0.3 is 9.84 Å². The third-order valence-corrected chi connectivity index (χ3v) is 4.14. The molecule has 1 N–H and O–H groups in total. The second kappa shape index (κ2) is 8.36. The molecular weight excluding hydrogens is 328 g/mol. The largest absolute Gasteiger partial charge is 0.481 e. The Hall–Kier alpha value is -3.05. The van der Waals surface area contributed by atoms with Gasteiger partial charge in [-0.3, -0.25) is 9.78 Å². The molecule has 0 aliphatic rings. The van der Waals surface area contributed by atoms with E-state index < -0.39 is 6.10 Å². The van der Waals surface area contributed by atoms with E-state index in [-0.39, 0.29) is 12.2 Å². The van der Waals surface area contributed by atoms with Gasteiger partial charge in [-0.05, 0) is 29.3 Å². The van der Waals surface area contributed by atoms with Gasteiger partial charge in [0.05, 0.1) is 7.11 Å². The summed E-state index contributed by atoms with van der Waals surface area (Å²) in [6.45, 7) is 0. The molecule has 0 amide bonds. The number of rotatable bonds is 7. The third-order valence-electron chi connectivity index (χ3n) is 4.14. The van der Waals surface area contributed by atoms with E-state index >= 15 is 0 Å². The Morgan fingerprint density at radius 1 is 1.12 bits per heavy atom. The molecule has 0 radical (unpaired) electrons. The van der Waals surface area contributed by atoms with E-state index in [9.17, 15) is 9.90 Å². The van der Waals surface area contributed by atoms with Crippen LogP contribution in [-0.2, 0) is 17.6 Å². The number of ketones is 1. The zero-order valence-electron chi connectivity index (χ0n) is 14.5. The number of aliphatic hydroxyl groups excluding tert-OH is 1. The number of hydrogen-bond donors (Lipinski definition) is 1. The predicted octanol–water partition coefficient (Wildman–Crippen LogP) is 2.87. The predicted molar refractivity (Wildman–Crippen MR) is 98.9 cm³/mol. The number of carbonyl (C=O) groups is 1. The van der Waals surface area contributed by atoms with E-state index in [1.54, 1.807) is 18.6 Å². The lowest BCUT2D eigenvalue weighted by molar-refractivity contribution is -0.126. The van der Waals surface area contributed by atoms with E-state index in [2.05, 4.69) is 9.97 Å². The Morgan fingerprint density at radius 2 is 1.85 bits per heavy atom. The van der Waals surface area contributed by atoms with Crippen molar-refractivity contribution in [2.75, 3.05) is 7.11 Å². The highest BCUT2D eigenvalue weighted by Gasteiger charge is 2.19. The van der Waals surface area contributed by atoms with Crippen LogP contribution in [0.25, 0.3) is 11.1 Å². The van der Waals surface area contributed by atoms with Crippen LogP contribution >= 0.6 is 0 Å². The molecule has 2 heterocycles. The fraction of sp³-hybridized carbons (Fsp3) is 0.190. The minimum atomic E-state index is -1.06. The first-order valence-corrected chi connectivity index (χ1v) is 8.35. The minimum absolute atomic E-state index is 0.0586. The van der Waals surface area contributed by atoms with Gasteiger partial charge in [-0.15, -0.1) is 0 Å². The van der Waals surface area contributed by atoms with Crippen LogP contribution in [0.5, 0.6) is 5.88 Å². The summed E-state index contributed by atoms with van der Waals surface area (Å²) in [7, 11) is 1.52. The zero-order chi connectivity index (χ0) is 18.4. The number of nitrogens with zero attached hydrogens (tertiary/aromatic N) is 2. The van der Waals surface area contributed by atoms with Gasteiger partial charge in [-0.1, -0.05) is 30.3 Å². The van der Waals surface area contributed by atoms with Gasteiger partial charge in [0.2, 0.25) is 5.88 Å². The minimum Gasteiger partial charge on any atom is -0.481 e. The second-order valence-corrected chi connectivity index (χ2v) is 5.98. The first kappa shape index (κ1) is 17.8. The molecule has 0 bridgehead atoms. The first-order valence-electron chi connectivity index (χ1n) is 8.35. The number of hydrogen-bond acceptors (Lipinski definition) is 5. The fourth-order valence-electron chi connectivity index (χ4n) is 2.77. The highest BCUT2D eigenvalue weighted by Crippen LogP contribution is 2.24. The fourth-order valence-corrected chi connectivity index (χ4v) is 2.77. The summed E-state index contributed by atoms with van der Waals surface area (Å²) in [5.74, 6) is 0.129. The molecule has 0 saturated heterocycles. The van der Waals surface area contributed by atoms with Gasteiger partial charge in [0.1, 0.15) is 6.10 Å². The van der Waals surface area contributed by atoms with Crippen LogP contribution in [-0.4, -0.2) is 34.1 Å². The third kappa shape index (κ3) is 4.32. The van der Waals surface area contributed by atoms with Crippen molar-refractivity contribution in [1.82, 2.24) is 9.97 Å². The van der Waals surface area contributed by atoms with Gasteiger partial charge in [0.15, 0.2) is 5.78 Å². The number of aliphatic hydroxyl groups is 1. The van der Waals surface area contributed by atoms with Crippen LogP contribution in [0.2, 0.25) is 0 Å². The van der Waals surface area contributed by atoms with Crippen molar-refractivity contribution in [1.29, 1.82) is 0 Å². The van der Waals surface area contributed by atoms with Gasteiger partial charge in [0, 0.05) is 42.6 Å². The molecule has 5 nitrogen and oxygen atoms in total. The molecule has 5 heteroatoms. The van der Waals surface area contributed by atoms with Crippen LogP contribution in [0.1, 0.15) is 11.1 Å². The molecule has 0 aliphatic heterocycles. The summed E-state index contributed by atoms with van der Waals surface area (Å²) in [5.41, 5.74) is 3.39. The number of benzene rings is 1. The molecule has 2 aromatic heterocycles. The summed E-state index contributed by atoms with van der Waals surface area (Å²) < 4.78 is 5.28. The molecule has 0 fully saturated rings. The Labute approximate surface area is 152 Å². The highest BCUT2D eigenvalue weighted by molar-refractivity contribution is 5.86. The van der Waals surface area contributed by atoms with E-state index in [4.69, 9.17) is 4.74 Å². The number of methoxy groups -OCH3 is 1. The van der Waals surface area contributed by atoms with Crippen molar-refractivity contribution in [2.45, 2.75) is 18.9 Å². The molecule has 1 aromatic carbocycles. The van der Waals surface area contributed by atoms with Crippen LogP contribution in [0, 0.1) is 0 Å². The summed E-state index contributed by atoms with van der Waals surface area (Å²) in [6.07, 6.45) is 4.39. The lowest BCUT2D eigenvalue weighted by atomic mass is 9.99. The monoisotopic (exact) mass is 348 g/mol. The van der Waals surface area contributed by atoms with Crippen molar-refractivity contribution in [3.63, 3.8) is 0 Å². The number of ether oxygens (including phenoxy) is 1. The number of Topliss-reactive ketones (excluding diaryl/α,β-unsaturated/α-hetero) is 1. The maximum Gasteiger partial charge on any atom is 0.216 e. The molecule has 132 valence electrons. The van der Waals surface area contributed by atoms with E-state index in [0.29, 0.717) is 17.9 Å². The molecule has 0 aliphatic carbocycles. The van der Waals surface area contributed by atoms with Crippen molar-refractivity contribution < 1.29 is 14.6 Å². The molecule has 0 saturated carbocycles. The summed E-state index contributed by atoms with van der Waals surface area (Å²) in [5, 5.41) is 10.3. The smallest absolute Gasteiger partial charge is 0.216 e. The van der Waals surface area contributed by atoms with Crippen LogP contribution in [0.4, 0.5) is 0 Å². The summed E-state index contributed by atoms with van der Waals surface area (Å²) >= 11 is 0. The molecule has 3 aromatic rings. The SMILES string of the molecule is COc1ncc(-c2ccncc2)cc1CC(=O)[C@H](O)Cc1ccccc1. The average Bonchev–Trinajstić information content (AvgIpc) is 2.69. The number of pyridine rings is 2. The van der Waals surface area contributed by atoms with Gasteiger partial charge >= 0.3 is 0 Å². The molecule has 3 rings (SSSR count). The van der Waals surface area contributed by atoms with Gasteiger partial charge in [-0.2, -0.15) is 0 Å². The van der Waals surface area contributed by atoms with Crippen LogP contribution in [0.15, 0.2) is 67.1 Å². The zero-order valence-corrected chi connectivity index (χ0v) is 14.5. The first-order chi connectivity index (χ1) is 12.7. The Kier molecular flexibility index (Phi) is 5.71. The standard InChI is InChI=1S/C21H20N2O3/c1-26-21-17(12-18(14-23-21)16-7-9-22-10-8-16)13-20(25)19(24)11-15-5-3-2-4-6-15/h2-10,12,14,19,24H,11,13H2,1H3/t19-/m1/s1. The van der Waals surface area contributed by atoms with Crippen molar-refractivity contribution in [2.24, 2.45) is 0 Å². The molecule has 0 unspecified atom stereocenters. The maximum atomic E-state index is 12.5. The van der Waals surface area contributed by atoms with Crippen LogP contribution < -0.4 is 4.74 Å². The number of aromatic nitrogens is 2. The van der Waals surface area contributed by atoms with Crippen molar-refractivity contribution in [3.05, 3.63) is 78.2 Å². The van der Waals surface area contributed by atoms with Gasteiger partial charge in [-0.25, -0.2) is 4.98 Å². The van der Waals surface area contributed by atoms with Crippen molar-refractivity contribution >= 4 is 5.78 Å². The van der Waals surface area contributed by atoms with E-state index in [0.717, 1.165) is 16.7 Å². The molecule has 0 spiro atoms. The van der Waals surface area contributed by atoms with Crippen LogP contribution in [0.3, 0.4) is 0 Å². The Balaban J connectivity index is 1.78. The molecular formula is C21H20N2O3. The maximum absolute atomic E-state index is 12.5. The lowest BCUT2D eigenvalue weighted by Gasteiger charge is -2.13. The normalized spacial score (nSPS) is 11.8. The summed E-state index contributed by atoms with van der Waals surface area (Å²) in [4.78, 5) is 20.8. The lowest BCUT2D eigenvalue weighted by Crippen LogP contribution is -2.25. The quantitative estimate of drug-likeness (QED) is 0.711. The summed E-state index contributed by atoms with van der Waals surface area (Å²) in [6, 6.07) is 15.1. The number of carbonyl (C=O) groups excluding carboxylic acids is 1. The molecule has 26 heavy (non-hydrogen) atoms.